The number of anilines is 1. The van der Waals surface area contributed by atoms with Crippen molar-refractivity contribution in [1.29, 1.82) is 0 Å². The molecule has 0 amide bonds. The summed E-state index contributed by atoms with van der Waals surface area (Å²) in [4.78, 5) is 0. The number of methoxy groups -OCH3 is 1. The van der Waals surface area contributed by atoms with Crippen LogP contribution in [0.15, 0.2) is 36.4 Å². The number of fused-ring (bicyclic) bond motifs is 1. The van der Waals surface area contributed by atoms with Gasteiger partial charge >= 0.3 is 0 Å². The highest BCUT2D eigenvalue weighted by molar-refractivity contribution is 5.55. The average Bonchev–Trinajstić information content (AvgIpc) is 2.53. The summed E-state index contributed by atoms with van der Waals surface area (Å²) in [5.74, 6) is 2.54. The fourth-order valence-electron chi connectivity index (χ4n) is 2.43. The number of ether oxygens (including phenoxy) is 3. The highest BCUT2D eigenvalue weighted by Gasteiger charge is 2.15. The number of para-hydroxylation sites is 1. The molecule has 1 N–H and O–H groups in total. The summed E-state index contributed by atoms with van der Waals surface area (Å²) >= 11 is 0. The zero-order chi connectivity index (χ0) is 14.7. The summed E-state index contributed by atoms with van der Waals surface area (Å²) in [5.41, 5.74) is 3.34. The van der Waals surface area contributed by atoms with Crippen molar-refractivity contribution < 1.29 is 14.2 Å². The maximum atomic E-state index is 5.72. The molecular formula is C17H19NO3. The lowest BCUT2D eigenvalue weighted by Crippen LogP contribution is -2.17. The van der Waals surface area contributed by atoms with Gasteiger partial charge in [0.1, 0.15) is 19.0 Å². The first-order valence-electron chi connectivity index (χ1n) is 7.04. The predicted octanol–water partition coefficient (Wildman–Crippen LogP) is 3.39. The van der Waals surface area contributed by atoms with Gasteiger partial charge in [-0.3, -0.25) is 0 Å². The molecule has 0 aromatic heterocycles. The lowest BCUT2D eigenvalue weighted by Gasteiger charge is -2.21. The van der Waals surface area contributed by atoms with E-state index in [1.54, 1.807) is 7.11 Å². The standard InChI is InChI=1S/C17H19NO3/c1-12-10-14(19-2)6-7-15(12)18-11-13-4-3-5-16-17(13)21-9-8-20-16/h3-7,10,18H,8-9,11H2,1-2H3. The molecule has 1 aliphatic rings. The number of nitrogens with one attached hydrogen (secondary N) is 1. The van der Waals surface area contributed by atoms with Crippen molar-refractivity contribution >= 4 is 5.69 Å². The van der Waals surface area contributed by atoms with Crippen LogP contribution in [0.1, 0.15) is 11.1 Å². The third-order valence-corrected chi connectivity index (χ3v) is 3.55. The first kappa shape index (κ1) is 13.6. The second-order valence-corrected chi connectivity index (χ2v) is 4.98. The zero-order valence-electron chi connectivity index (χ0n) is 12.3. The Morgan fingerprint density at radius 2 is 2.00 bits per heavy atom. The number of benzene rings is 2. The van der Waals surface area contributed by atoms with E-state index < -0.39 is 0 Å². The summed E-state index contributed by atoms with van der Waals surface area (Å²) in [6.07, 6.45) is 0. The minimum Gasteiger partial charge on any atom is -0.497 e. The Kier molecular flexibility index (Phi) is 3.86. The Morgan fingerprint density at radius 1 is 1.14 bits per heavy atom. The van der Waals surface area contributed by atoms with Crippen LogP contribution in [-0.2, 0) is 6.54 Å². The quantitative estimate of drug-likeness (QED) is 0.934. The fraction of sp³-hybridized carbons (Fsp3) is 0.294. The van der Waals surface area contributed by atoms with Gasteiger partial charge in [0.2, 0.25) is 0 Å². The monoisotopic (exact) mass is 285 g/mol. The normalized spacial score (nSPS) is 12.9. The van der Waals surface area contributed by atoms with E-state index in [1.165, 1.54) is 0 Å². The Bertz CT molecular complexity index is 640. The van der Waals surface area contributed by atoms with E-state index in [-0.39, 0.29) is 0 Å². The fourth-order valence-corrected chi connectivity index (χ4v) is 2.43. The van der Waals surface area contributed by atoms with Gasteiger partial charge in [0.25, 0.3) is 0 Å². The first-order chi connectivity index (χ1) is 10.3. The number of aryl methyl sites for hydroxylation is 1. The lowest BCUT2D eigenvalue weighted by atomic mass is 10.1. The van der Waals surface area contributed by atoms with E-state index in [9.17, 15) is 0 Å². The molecule has 0 radical (unpaired) electrons. The van der Waals surface area contributed by atoms with Crippen molar-refractivity contribution in [1.82, 2.24) is 0 Å². The molecular weight excluding hydrogens is 266 g/mol. The lowest BCUT2D eigenvalue weighted by molar-refractivity contribution is 0.170. The van der Waals surface area contributed by atoms with Crippen LogP contribution in [0.3, 0.4) is 0 Å². The number of hydrogen-bond donors (Lipinski definition) is 1. The van der Waals surface area contributed by atoms with Gasteiger partial charge in [0, 0.05) is 17.8 Å². The van der Waals surface area contributed by atoms with Crippen molar-refractivity contribution in [2.75, 3.05) is 25.6 Å². The number of hydrogen-bond acceptors (Lipinski definition) is 4. The molecule has 3 rings (SSSR count). The molecule has 0 aliphatic carbocycles. The highest BCUT2D eigenvalue weighted by atomic mass is 16.6. The molecule has 2 aromatic carbocycles. The predicted molar refractivity (Wildman–Crippen MR) is 82.5 cm³/mol. The topological polar surface area (TPSA) is 39.7 Å². The van der Waals surface area contributed by atoms with Crippen LogP contribution in [0.4, 0.5) is 5.69 Å². The molecule has 21 heavy (non-hydrogen) atoms. The van der Waals surface area contributed by atoms with E-state index in [0.717, 1.165) is 34.1 Å². The molecule has 0 spiro atoms. The highest BCUT2D eigenvalue weighted by Crippen LogP contribution is 2.34. The van der Waals surface area contributed by atoms with Crippen LogP contribution >= 0.6 is 0 Å². The Labute approximate surface area is 124 Å². The van der Waals surface area contributed by atoms with Gasteiger partial charge in [0.15, 0.2) is 11.5 Å². The summed E-state index contributed by atoms with van der Waals surface area (Å²) < 4.78 is 16.5. The molecule has 4 heteroatoms. The smallest absolute Gasteiger partial charge is 0.166 e. The van der Waals surface area contributed by atoms with Gasteiger partial charge in [-0.05, 0) is 36.8 Å². The maximum absolute atomic E-state index is 5.72. The molecule has 4 nitrogen and oxygen atoms in total. The minimum atomic E-state index is 0.603. The Balaban J connectivity index is 1.76. The zero-order valence-corrected chi connectivity index (χ0v) is 12.3. The summed E-state index contributed by atoms with van der Waals surface area (Å²) in [6, 6.07) is 12.0. The molecule has 1 aliphatic heterocycles. The molecule has 2 aromatic rings. The number of rotatable bonds is 4. The van der Waals surface area contributed by atoms with E-state index in [2.05, 4.69) is 18.3 Å². The van der Waals surface area contributed by atoms with Crippen LogP contribution in [-0.4, -0.2) is 20.3 Å². The third-order valence-electron chi connectivity index (χ3n) is 3.55. The molecule has 0 fully saturated rings. The van der Waals surface area contributed by atoms with Gasteiger partial charge in [0.05, 0.1) is 7.11 Å². The van der Waals surface area contributed by atoms with Crippen LogP contribution < -0.4 is 19.5 Å². The van der Waals surface area contributed by atoms with E-state index in [4.69, 9.17) is 14.2 Å². The summed E-state index contributed by atoms with van der Waals surface area (Å²) in [7, 11) is 1.68. The van der Waals surface area contributed by atoms with Gasteiger partial charge in [-0.15, -0.1) is 0 Å². The van der Waals surface area contributed by atoms with Gasteiger partial charge in [-0.25, -0.2) is 0 Å². The van der Waals surface area contributed by atoms with Crippen LogP contribution in [0.5, 0.6) is 17.2 Å². The van der Waals surface area contributed by atoms with Crippen molar-refractivity contribution in [2.24, 2.45) is 0 Å². The van der Waals surface area contributed by atoms with Crippen molar-refractivity contribution in [3.63, 3.8) is 0 Å². The van der Waals surface area contributed by atoms with Crippen LogP contribution in [0.25, 0.3) is 0 Å². The van der Waals surface area contributed by atoms with Crippen molar-refractivity contribution in [3.05, 3.63) is 47.5 Å². The van der Waals surface area contributed by atoms with Gasteiger partial charge in [-0.2, -0.15) is 0 Å². The molecule has 110 valence electrons. The average molecular weight is 285 g/mol. The second kappa shape index (κ2) is 5.95. The molecule has 0 saturated carbocycles. The summed E-state index contributed by atoms with van der Waals surface area (Å²) in [5, 5.41) is 3.44. The molecule has 0 atom stereocenters. The van der Waals surface area contributed by atoms with Crippen LogP contribution in [0, 0.1) is 6.92 Å². The molecule has 0 bridgehead atoms. The van der Waals surface area contributed by atoms with Gasteiger partial charge in [-0.1, -0.05) is 12.1 Å². The van der Waals surface area contributed by atoms with E-state index >= 15 is 0 Å². The van der Waals surface area contributed by atoms with Crippen molar-refractivity contribution in [3.8, 4) is 17.2 Å². The van der Waals surface area contributed by atoms with Gasteiger partial charge < -0.3 is 19.5 Å². The minimum absolute atomic E-state index is 0.603. The maximum Gasteiger partial charge on any atom is 0.166 e. The van der Waals surface area contributed by atoms with E-state index in [1.807, 2.05) is 30.3 Å². The molecule has 1 heterocycles. The summed E-state index contributed by atoms with van der Waals surface area (Å²) in [6.45, 7) is 3.97. The molecule has 0 saturated heterocycles. The second-order valence-electron chi connectivity index (χ2n) is 4.98. The van der Waals surface area contributed by atoms with Crippen molar-refractivity contribution in [2.45, 2.75) is 13.5 Å². The molecule has 0 unspecified atom stereocenters. The van der Waals surface area contributed by atoms with Crippen LogP contribution in [0.2, 0.25) is 0 Å². The SMILES string of the molecule is COc1ccc(NCc2cccc3c2OCCO3)c(C)c1. The third kappa shape index (κ3) is 2.89. The Hall–Kier alpha value is -2.36. The Morgan fingerprint density at radius 3 is 2.81 bits per heavy atom. The largest absolute Gasteiger partial charge is 0.497 e. The first-order valence-corrected chi connectivity index (χ1v) is 7.04. The van der Waals surface area contributed by atoms with E-state index in [0.29, 0.717) is 19.8 Å².